The van der Waals surface area contributed by atoms with Crippen LogP contribution in [0.3, 0.4) is 0 Å². The largest absolute Gasteiger partial charge is 0.497 e. The van der Waals surface area contributed by atoms with Crippen LogP contribution < -0.4 is 10.1 Å². The van der Waals surface area contributed by atoms with Gasteiger partial charge >= 0.3 is 0 Å². The number of ether oxygens (including phenoxy) is 2. The third-order valence-corrected chi connectivity index (χ3v) is 3.94. The van der Waals surface area contributed by atoms with Crippen LogP contribution in [0.25, 0.3) is 11.4 Å². The highest BCUT2D eigenvalue weighted by molar-refractivity contribution is 7.10. The highest BCUT2D eigenvalue weighted by atomic mass is 32.1. The van der Waals surface area contributed by atoms with Crippen LogP contribution in [0.2, 0.25) is 0 Å². The first-order chi connectivity index (χ1) is 10.3. The van der Waals surface area contributed by atoms with Crippen LogP contribution in [0.4, 0.5) is 5.13 Å². The Morgan fingerprint density at radius 2 is 2.24 bits per heavy atom. The minimum atomic E-state index is -0.0849. The number of hydrogen-bond acceptors (Lipinski definition) is 6. The molecule has 1 amide bonds. The lowest BCUT2D eigenvalue weighted by atomic mass is 10.1. The third kappa shape index (κ3) is 3.20. The predicted octanol–water partition coefficient (Wildman–Crippen LogP) is 2.19. The van der Waals surface area contributed by atoms with Crippen LogP contribution in [0.5, 0.6) is 5.75 Å². The molecule has 0 radical (unpaired) electrons. The highest BCUT2D eigenvalue weighted by Crippen LogP contribution is 2.24. The molecule has 1 saturated heterocycles. The smallest absolute Gasteiger partial charge is 0.231 e. The van der Waals surface area contributed by atoms with E-state index in [0.29, 0.717) is 24.2 Å². The van der Waals surface area contributed by atoms with Gasteiger partial charge in [-0.3, -0.25) is 4.79 Å². The minimum absolute atomic E-state index is 0.0510. The monoisotopic (exact) mass is 305 g/mol. The van der Waals surface area contributed by atoms with Crippen LogP contribution in [-0.4, -0.2) is 35.6 Å². The average Bonchev–Trinajstić information content (AvgIpc) is 3.19. The molecule has 0 saturated carbocycles. The van der Waals surface area contributed by atoms with Crippen molar-refractivity contribution in [3.05, 3.63) is 24.3 Å². The van der Waals surface area contributed by atoms with Gasteiger partial charge in [-0.2, -0.15) is 9.36 Å². The molecule has 110 valence electrons. The fourth-order valence-electron chi connectivity index (χ4n) is 2.08. The molecule has 1 aliphatic heterocycles. The molecule has 2 aromatic rings. The summed E-state index contributed by atoms with van der Waals surface area (Å²) in [4.78, 5) is 16.3. The van der Waals surface area contributed by atoms with Crippen molar-refractivity contribution < 1.29 is 14.3 Å². The van der Waals surface area contributed by atoms with Gasteiger partial charge in [-0.25, -0.2) is 0 Å². The highest BCUT2D eigenvalue weighted by Gasteiger charge is 2.24. The number of carbonyl (C=O) groups is 1. The van der Waals surface area contributed by atoms with E-state index in [0.717, 1.165) is 17.7 Å². The minimum Gasteiger partial charge on any atom is -0.497 e. The van der Waals surface area contributed by atoms with Crippen molar-refractivity contribution in [3.63, 3.8) is 0 Å². The number of carbonyl (C=O) groups excluding carboxylic acids is 1. The number of aromatic nitrogens is 2. The number of anilines is 1. The van der Waals surface area contributed by atoms with Crippen molar-refractivity contribution in [2.45, 2.75) is 6.42 Å². The quantitative estimate of drug-likeness (QED) is 0.937. The zero-order valence-electron chi connectivity index (χ0n) is 11.5. The van der Waals surface area contributed by atoms with E-state index in [1.54, 1.807) is 7.11 Å². The van der Waals surface area contributed by atoms with Crippen LogP contribution in [-0.2, 0) is 9.53 Å². The normalized spacial score (nSPS) is 17.7. The number of nitrogens with zero attached hydrogens (tertiary/aromatic N) is 2. The Kier molecular flexibility index (Phi) is 4.12. The van der Waals surface area contributed by atoms with Crippen molar-refractivity contribution in [2.24, 2.45) is 5.92 Å². The summed E-state index contributed by atoms with van der Waals surface area (Å²) in [5.41, 5.74) is 0.886. The van der Waals surface area contributed by atoms with E-state index in [1.165, 1.54) is 11.5 Å². The van der Waals surface area contributed by atoms with Gasteiger partial charge < -0.3 is 14.8 Å². The second-order valence-corrected chi connectivity index (χ2v) is 5.45. The topological polar surface area (TPSA) is 73.3 Å². The molecule has 0 bridgehead atoms. The van der Waals surface area contributed by atoms with Gasteiger partial charge in [0.2, 0.25) is 11.0 Å². The standard InChI is InChI=1S/C14H15N3O3S/c1-19-11-4-2-9(3-5-11)12-15-14(21-17-12)16-13(18)10-6-7-20-8-10/h2-5,10H,6-8H2,1H3,(H,15,16,17,18)/t10-/m0/s1. The van der Waals surface area contributed by atoms with Crippen molar-refractivity contribution in [1.82, 2.24) is 9.36 Å². The van der Waals surface area contributed by atoms with Crippen LogP contribution in [0.1, 0.15) is 6.42 Å². The first-order valence-corrected chi connectivity index (χ1v) is 7.40. The van der Waals surface area contributed by atoms with E-state index < -0.39 is 0 Å². The van der Waals surface area contributed by atoms with Gasteiger partial charge in [0.15, 0.2) is 5.82 Å². The van der Waals surface area contributed by atoms with Gasteiger partial charge in [0.25, 0.3) is 0 Å². The molecule has 1 fully saturated rings. The number of nitrogens with one attached hydrogen (secondary N) is 1. The van der Waals surface area contributed by atoms with Crippen LogP contribution in [0.15, 0.2) is 24.3 Å². The molecule has 1 N–H and O–H groups in total. The lowest BCUT2D eigenvalue weighted by molar-refractivity contribution is -0.119. The summed E-state index contributed by atoms with van der Waals surface area (Å²) in [5, 5.41) is 3.31. The van der Waals surface area contributed by atoms with E-state index in [-0.39, 0.29) is 11.8 Å². The van der Waals surface area contributed by atoms with Gasteiger partial charge in [-0.05, 0) is 30.7 Å². The molecule has 7 heteroatoms. The Bertz CT molecular complexity index is 621. The summed E-state index contributed by atoms with van der Waals surface area (Å²) in [7, 11) is 1.62. The molecule has 1 aromatic carbocycles. The van der Waals surface area contributed by atoms with Gasteiger partial charge in [0.05, 0.1) is 19.6 Å². The number of rotatable bonds is 4. The molecular formula is C14H15N3O3S. The lowest BCUT2D eigenvalue weighted by Crippen LogP contribution is -2.22. The molecule has 21 heavy (non-hydrogen) atoms. The Morgan fingerprint density at radius 3 is 2.90 bits per heavy atom. The van der Waals surface area contributed by atoms with Crippen LogP contribution >= 0.6 is 11.5 Å². The number of benzene rings is 1. The molecule has 6 nitrogen and oxygen atoms in total. The SMILES string of the molecule is COc1ccc(-c2nsc(NC(=O)[C@H]3CCOC3)n2)cc1. The molecular weight excluding hydrogens is 290 g/mol. The fourth-order valence-corrected chi connectivity index (χ4v) is 2.67. The molecule has 0 unspecified atom stereocenters. The zero-order chi connectivity index (χ0) is 14.7. The molecule has 1 atom stereocenters. The average molecular weight is 305 g/mol. The number of hydrogen-bond donors (Lipinski definition) is 1. The number of methoxy groups -OCH3 is 1. The van der Waals surface area contributed by atoms with Gasteiger partial charge in [-0.15, -0.1) is 0 Å². The van der Waals surface area contributed by atoms with E-state index in [2.05, 4.69) is 14.7 Å². The van der Waals surface area contributed by atoms with Gasteiger partial charge in [-0.1, -0.05) is 0 Å². The Labute approximate surface area is 126 Å². The maximum absolute atomic E-state index is 12.0. The molecule has 1 aliphatic rings. The Hall–Kier alpha value is -1.99. The molecule has 0 spiro atoms. The van der Waals surface area contributed by atoms with Gasteiger partial charge in [0.1, 0.15) is 5.75 Å². The summed E-state index contributed by atoms with van der Waals surface area (Å²) < 4.78 is 14.6. The van der Waals surface area contributed by atoms with E-state index in [9.17, 15) is 4.79 Å². The predicted molar refractivity (Wildman–Crippen MR) is 79.5 cm³/mol. The molecule has 2 heterocycles. The second kappa shape index (κ2) is 6.19. The molecule has 3 rings (SSSR count). The van der Waals surface area contributed by atoms with E-state index in [4.69, 9.17) is 9.47 Å². The second-order valence-electron chi connectivity index (χ2n) is 4.70. The van der Waals surface area contributed by atoms with E-state index in [1.807, 2.05) is 24.3 Å². The first kappa shape index (κ1) is 14.0. The Balaban J connectivity index is 1.68. The maximum Gasteiger partial charge on any atom is 0.231 e. The summed E-state index contributed by atoms with van der Waals surface area (Å²) in [5.74, 6) is 1.24. The molecule has 1 aromatic heterocycles. The lowest BCUT2D eigenvalue weighted by Gasteiger charge is -2.05. The summed E-state index contributed by atoms with van der Waals surface area (Å²) in [6.45, 7) is 1.13. The van der Waals surface area contributed by atoms with Crippen molar-refractivity contribution in [1.29, 1.82) is 0 Å². The summed E-state index contributed by atoms with van der Waals surface area (Å²) in [6.07, 6.45) is 0.760. The van der Waals surface area contributed by atoms with Crippen molar-refractivity contribution in [2.75, 3.05) is 25.6 Å². The molecule has 0 aliphatic carbocycles. The third-order valence-electron chi connectivity index (χ3n) is 3.30. The van der Waals surface area contributed by atoms with Crippen LogP contribution in [0, 0.1) is 5.92 Å². The summed E-state index contributed by atoms with van der Waals surface area (Å²) in [6, 6.07) is 7.48. The fraction of sp³-hybridized carbons (Fsp3) is 0.357. The van der Waals surface area contributed by atoms with E-state index >= 15 is 0 Å². The zero-order valence-corrected chi connectivity index (χ0v) is 12.4. The first-order valence-electron chi connectivity index (χ1n) is 6.63. The summed E-state index contributed by atoms with van der Waals surface area (Å²) >= 11 is 1.18. The van der Waals surface area contributed by atoms with Crippen molar-refractivity contribution in [3.8, 4) is 17.1 Å². The van der Waals surface area contributed by atoms with Crippen molar-refractivity contribution >= 4 is 22.6 Å². The number of amides is 1. The van der Waals surface area contributed by atoms with Gasteiger partial charge in [0, 0.05) is 23.7 Å². The Morgan fingerprint density at radius 1 is 1.43 bits per heavy atom. The maximum atomic E-state index is 12.0.